The van der Waals surface area contributed by atoms with Gasteiger partial charge >= 0.3 is 0 Å². The number of anilines is 1. The summed E-state index contributed by atoms with van der Waals surface area (Å²) in [6.07, 6.45) is 0. The number of hydrogen-bond acceptors (Lipinski definition) is 3. The van der Waals surface area contributed by atoms with Gasteiger partial charge in [-0.2, -0.15) is 0 Å². The number of allylic oxidation sites excluding steroid dienone is 1. The van der Waals surface area contributed by atoms with Gasteiger partial charge in [0.2, 0.25) is 0 Å². The number of amides is 1. The van der Waals surface area contributed by atoms with E-state index in [1.165, 1.54) is 0 Å². The average Bonchev–Trinajstić information content (AvgIpc) is 2.62. The van der Waals surface area contributed by atoms with E-state index in [0.717, 1.165) is 5.56 Å². The molecule has 0 aromatic heterocycles. The fraction of sp³-hybridized carbons (Fsp3) is 0.158. The molecule has 1 atom stereocenters. The standard InChI is InChI=1S/C19H18ClN3O2S/c1-11-16(18(24)22-14-9-5-4-8-13(14)20)17(23-19(26)21-11)12-7-3-6-10-15(12)25-2/h3-10,17H,1-2H3,(H,22,24)(H2,21,23,26). The Balaban J connectivity index is 2.01. The highest BCUT2D eigenvalue weighted by Gasteiger charge is 2.31. The number of hydrogen-bond donors (Lipinski definition) is 3. The molecule has 0 bridgehead atoms. The number of methoxy groups -OCH3 is 1. The molecule has 3 rings (SSSR count). The molecule has 0 saturated heterocycles. The quantitative estimate of drug-likeness (QED) is 0.697. The monoisotopic (exact) mass is 387 g/mol. The van der Waals surface area contributed by atoms with Crippen molar-refractivity contribution in [1.29, 1.82) is 0 Å². The highest BCUT2D eigenvalue weighted by Crippen LogP contribution is 2.33. The zero-order valence-electron chi connectivity index (χ0n) is 14.3. The largest absolute Gasteiger partial charge is 0.496 e. The molecule has 1 heterocycles. The normalized spacial score (nSPS) is 16.6. The summed E-state index contributed by atoms with van der Waals surface area (Å²) < 4.78 is 5.46. The molecule has 7 heteroatoms. The number of halogens is 1. The average molecular weight is 388 g/mol. The number of carbonyl (C=O) groups is 1. The second-order valence-electron chi connectivity index (χ2n) is 5.75. The van der Waals surface area contributed by atoms with Crippen molar-refractivity contribution in [3.63, 3.8) is 0 Å². The van der Waals surface area contributed by atoms with Crippen LogP contribution in [0.15, 0.2) is 59.8 Å². The van der Waals surface area contributed by atoms with E-state index in [-0.39, 0.29) is 5.91 Å². The van der Waals surface area contributed by atoms with E-state index >= 15 is 0 Å². The molecule has 134 valence electrons. The number of carbonyl (C=O) groups excluding carboxylic acids is 1. The summed E-state index contributed by atoms with van der Waals surface area (Å²) in [6.45, 7) is 1.82. The Labute approximate surface area is 162 Å². The lowest BCUT2D eigenvalue weighted by Crippen LogP contribution is -2.45. The highest BCUT2D eigenvalue weighted by atomic mass is 35.5. The Bertz CT molecular complexity index is 898. The topological polar surface area (TPSA) is 62.4 Å². The summed E-state index contributed by atoms with van der Waals surface area (Å²) in [5.41, 5.74) is 2.56. The minimum absolute atomic E-state index is 0.269. The maximum absolute atomic E-state index is 13.0. The molecule has 1 aliphatic rings. The van der Waals surface area contributed by atoms with Crippen LogP contribution in [0.3, 0.4) is 0 Å². The van der Waals surface area contributed by atoms with E-state index < -0.39 is 6.04 Å². The molecule has 2 aromatic rings. The van der Waals surface area contributed by atoms with Gasteiger partial charge in [0, 0.05) is 11.3 Å². The SMILES string of the molecule is COc1ccccc1C1NC(=S)NC(C)=C1C(=O)Nc1ccccc1Cl. The number of para-hydroxylation sites is 2. The second kappa shape index (κ2) is 7.76. The molecule has 26 heavy (non-hydrogen) atoms. The smallest absolute Gasteiger partial charge is 0.255 e. The van der Waals surface area contributed by atoms with Crippen LogP contribution in [0, 0.1) is 0 Å². The minimum atomic E-state index is -0.442. The van der Waals surface area contributed by atoms with Crippen molar-refractivity contribution in [2.75, 3.05) is 12.4 Å². The molecule has 0 aliphatic carbocycles. The van der Waals surface area contributed by atoms with E-state index in [1.807, 2.05) is 43.3 Å². The van der Waals surface area contributed by atoms with Gasteiger partial charge in [0.25, 0.3) is 5.91 Å². The first kappa shape index (κ1) is 18.2. The van der Waals surface area contributed by atoms with Crippen molar-refractivity contribution in [1.82, 2.24) is 10.6 Å². The van der Waals surface area contributed by atoms with Gasteiger partial charge < -0.3 is 20.7 Å². The van der Waals surface area contributed by atoms with Crippen LogP contribution in [0.5, 0.6) is 5.75 Å². The van der Waals surface area contributed by atoms with Crippen molar-refractivity contribution >= 4 is 40.5 Å². The predicted molar refractivity (Wildman–Crippen MR) is 107 cm³/mol. The molecule has 3 N–H and O–H groups in total. The van der Waals surface area contributed by atoms with Crippen LogP contribution in [0.4, 0.5) is 5.69 Å². The maximum atomic E-state index is 13.0. The number of thiocarbonyl (C=S) groups is 1. The van der Waals surface area contributed by atoms with Gasteiger partial charge in [-0.05, 0) is 37.3 Å². The third kappa shape index (κ3) is 3.66. The number of benzene rings is 2. The third-order valence-electron chi connectivity index (χ3n) is 4.09. The molecule has 0 saturated carbocycles. The van der Waals surface area contributed by atoms with E-state index in [2.05, 4.69) is 16.0 Å². The molecule has 5 nitrogen and oxygen atoms in total. The summed E-state index contributed by atoms with van der Waals surface area (Å²) in [4.78, 5) is 13.0. The Hall–Kier alpha value is -2.57. The lowest BCUT2D eigenvalue weighted by Gasteiger charge is -2.31. The van der Waals surface area contributed by atoms with E-state index in [9.17, 15) is 4.79 Å². The first-order chi connectivity index (χ1) is 12.5. The van der Waals surface area contributed by atoms with Gasteiger partial charge in [-0.3, -0.25) is 4.79 Å². The van der Waals surface area contributed by atoms with Crippen LogP contribution in [0.1, 0.15) is 18.5 Å². The van der Waals surface area contributed by atoms with Crippen LogP contribution in [0.25, 0.3) is 0 Å². The molecule has 0 fully saturated rings. The molecular weight excluding hydrogens is 370 g/mol. The Morgan fingerprint density at radius 3 is 2.62 bits per heavy atom. The Morgan fingerprint density at radius 1 is 1.19 bits per heavy atom. The molecule has 0 spiro atoms. The van der Waals surface area contributed by atoms with Crippen LogP contribution in [-0.2, 0) is 4.79 Å². The van der Waals surface area contributed by atoms with E-state index in [4.69, 9.17) is 28.6 Å². The van der Waals surface area contributed by atoms with Crippen molar-refractivity contribution in [3.05, 3.63) is 70.4 Å². The van der Waals surface area contributed by atoms with Gasteiger partial charge in [0.1, 0.15) is 5.75 Å². The first-order valence-corrected chi connectivity index (χ1v) is 8.77. The Kier molecular flexibility index (Phi) is 5.44. The van der Waals surface area contributed by atoms with Crippen LogP contribution < -0.4 is 20.7 Å². The fourth-order valence-corrected chi connectivity index (χ4v) is 3.34. The summed E-state index contributed by atoms with van der Waals surface area (Å²) >= 11 is 11.4. The molecule has 1 aliphatic heterocycles. The molecule has 1 amide bonds. The van der Waals surface area contributed by atoms with Crippen molar-refractivity contribution in [3.8, 4) is 5.75 Å². The number of nitrogens with one attached hydrogen (secondary N) is 3. The lowest BCUT2D eigenvalue weighted by atomic mass is 9.94. The van der Waals surface area contributed by atoms with Crippen LogP contribution >= 0.6 is 23.8 Å². The fourth-order valence-electron chi connectivity index (χ4n) is 2.89. The third-order valence-corrected chi connectivity index (χ3v) is 4.64. The summed E-state index contributed by atoms with van der Waals surface area (Å²) in [5, 5.41) is 9.96. The zero-order chi connectivity index (χ0) is 18.7. The molecule has 1 unspecified atom stereocenters. The van der Waals surface area contributed by atoms with Gasteiger partial charge in [-0.1, -0.05) is 41.9 Å². The van der Waals surface area contributed by atoms with Crippen LogP contribution in [0.2, 0.25) is 5.02 Å². The lowest BCUT2D eigenvalue weighted by molar-refractivity contribution is -0.113. The molecular formula is C19H18ClN3O2S. The van der Waals surface area contributed by atoms with Gasteiger partial charge in [-0.25, -0.2) is 0 Å². The first-order valence-electron chi connectivity index (χ1n) is 7.98. The van der Waals surface area contributed by atoms with Gasteiger partial charge in [-0.15, -0.1) is 0 Å². The highest BCUT2D eigenvalue weighted by molar-refractivity contribution is 7.80. The van der Waals surface area contributed by atoms with Crippen molar-refractivity contribution in [2.24, 2.45) is 0 Å². The Morgan fingerprint density at radius 2 is 1.88 bits per heavy atom. The number of rotatable bonds is 4. The number of ether oxygens (including phenoxy) is 1. The van der Waals surface area contributed by atoms with Crippen molar-refractivity contribution in [2.45, 2.75) is 13.0 Å². The van der Waals surface area contributed by atoms with Crippen molar-refractivity contribution < 1.29 is 9.53 Å². The van der Waals surface area contributed by atoms with Gasteiger partial charge in [0.05, 0.1) is 29.4 Å². The summed E-state index contributed by atoms with van der Waals surface area (Å²) in [7, 11) is 1.60. The molecule has 2 aromatic carbocycles. The maximum Gasteiger partial charge on any atom is 0.255 e. The van der Waals surface area contributed by atoms with E-state index in [0.29, 0.717) is 32.8 Å². The summed E-state index contributed by atoms with van der Waals surface area (Å²) in [5.74, 6) is 0.402. The van der Waals surface area contributed by atoms with E-state index in [1.54, 1.807) is 19.2 Å². The van der Waals surface area contributed by atoms with Gasteiger partial charge in [0.15, 0.2) is 5.11 Å². The minimum Gasteiger partial charge on any atom is -0.496 e. The molecule has 0 radical (unpaired) electrons. The van der Waals surface area contributed by atoms with Crippen LogP contribution in [-0.4, -0.2) is 18.1 Å². The zero-order valence-corrected chi connectivity index (χ0v) is 15.9. The predicted octanol–water partition coefficient (Wildman–Crippen LogP) is 3.78. The summed E-state index contributed by atoms with van der Waals surface area (Å²) in [6, 6.07) is 14.2. The second-order valence-corrected chi connectivity index (χ2v) is 6.56.